The van der Waals surface area contributed by atoms with Crippen LogP contribution in [-0.2, 0) is 0 Å². The number of anilines is 4. The lowest BCUT2D eigenvalue weighted by atomic mass is 10.1. The normalized spacial score (nSPS) is 11.1. The summed E-state index contributed by atoms with van der Waals surface area (Å²) in [5, 5.41) is 8.92. The molecule has 5 rings (SSSR count). The van der Waals surface area contributed by atoms with E-state index in [1.807, 2.05) is 61.0 Å². The average Bonchev–Trinajstić information content (AvgIpc) is 3.62. The monoisotopic (exact) mass is 515 g/mol. The number of amides is 1. The number of thiophene rings is 2. The number of aromatic nitrogens is 4. The van der Waals surface area contributed by atoms with Gasteiger partial charge >= 0.3 is 0 Å². The first-order valence-electron chi connectivity index (χ1n) is 11.4. The van der Waals surface area contributed by atoms with Crippen molar-refractivity contribution in [2.24, 2.45) is 0 Å². The SMILES string of the molecule is Cc1ncc(-c2ccnc(Nc3ccc(C(=O)Nc4cc(-c5cccs5)ccc4N)s3)n2)n1C(C)C. The Labute approximate surface area is 216 Å². The lowest BCUT2D eigenvalue weighted by Gasteiger charge is -2.14. The van der Waals surface area contributed by atoms with E-state index >= 15 is 0 Å². The van der Waals surface area contributed by atoms with E-state index in [0.29, 0.717) is 22.2 Å². The van der Waals surface area contributed by atoms with Crippen molar-refractivity contribution in [1.29, 1.82) is 0 Å². The standard InChI is InChI=1S/C26H25N7OS2/c1-15(2)33-16(3)29-14-21(33)19-10-11-28-26(31-19)32-24-9-8-23(36-24)25(34)30-20-13-17(6-7-18(20)27)22-5-4-12-35-22/h4-15H,27H2,1-3H3,(H,30,34)(H,28,31,32). The molecule has 4 N–H and O–H groups in total. The molecule has 0 atom stereocenters. The predicted molar refractivity (Wildman–Crippen MR) is 148 cm³/mol. The number of hydrogen-bond acceptors (Lipinski definition) is 8. The summed E-state index contributed by atoms with van der Waals surface area (Å²) >= 11 is 2.95. The van der Waals surface area contributed by atoms with Crippen molar-refractivity contribution in [3.05, 3.63) is 77.0 Å². The molecule has 36 heavy (non-hydrogen) atoms. The van der Waals surface area contributed by atoms with Crippen molar-refractivity contribution in [2.45, 2.75) is 26.8 Å². The molecule has 8 nitrogen and oxygen atoms in total. The molecule has 0 radical (unpaired) electrons. The summed E-state index contributed by atoms with van der Waals surface area (Å²) < 4.78 is 2.14. The Hall–Kier alpha value is -4.02. The molecule has 0 unspecified atom stereocenters. The molecule has 1 aromatic carbocycles. The zero-order valence-corrected chi connectivity index (χ0v) is 21.7. The summed E-state index contributed by atoms with van der Waals surface area (Å²) in [6.07, 6.45) is 3.54. The van der Waals surface area contributed by atoms with E-state index in [4.69, 9.17) is 5.73 Å². The fourth-order valence-electron chi connectivity index (χ4n) is 3.94. The van der Waals surface area contributed by atoms with Crippen LogP contribution in [0.3, 0.4) is 0 Å². The van der Waals surface area contributed by atoms with Gasteiger partial charge in [-0.3, -0.25) is 4.79 Å². The molecule has 4 aromatic heterocycles. The first kappa shape index (κ1) is 23.7. The lowest BCUT2D eigenvalue weighted by molar-refractivity contribution is 0.103. The summed E-state index contributed by atoms with van der Waals surface area (Å²) in [6.45, 7) is 6.21. The second-order valence-electron chi connectivity index (χ2n) is 8.44. The number of nitrogen functional groups attached to an aromatic ring is 1. The zero-order valence-electron chi connectivity index (χ0n) is 20.0. The van der Waals surface area contributed by atoms with Gasteiger partial charge in [-0.1, -0.05) is 12.1 Å². The number of benzene rings is 1. The number of carbonyl (C=O) groups is 1. The Kier molecular flexibility index (Phi) is 6.53. The maximum Gasteiger partial charge on any atom is 0.265 e. The maximum absolute atomic E-state index is 13.0. The van der Waals surface area contributed by atoms with Crippen LogP contribution in [0.4, 0.5) is 22.3 Å². The lowest BCUT2D eigenvalue weighted by Crippen LogP contribution is -2.11. The third-order valence-electron chi connectivity index (χ3n) is 5.59. The molecule has 1 amide bonds. The van der Waals surface area contributed by atoms with Gasteiger partial charge in [0, 0.05) is 17.1 Å². The van der Waals surface area contributed by atoms with E-state index in [1.54, 1.807) is 23.6 Å². The Bertz CT molecular complexity index is 1520. The number of imidazole rings is 1. The van der Waals surface area contributed by atoms with E-state index in [1.165, 1.54) is 11.3 Å². The molecule has 0 aliphatic carbocycles. The summed E-state index contributed by atoms with van der Waals surface area (Å²) in [6, 6.07) is 15.4. The number of carbonyl (C=O) groups excluding carboxylic acids is 1. The Morgan fingerprint density at radius 1 is 1.11 bits per heavy atom. The zero-order chi connectivity index (χ0) is 25.2. The average molecular weight is 516 g/mol. The molecule has 0 spiro atoms. The number of nitrogens with zero attached hydrogens (tertiary/aromatic N) is 4. The van der Waals surface area contributed by atoms with Crippen molar-refractivity contribution in [2.75, 3.05) is 16.4 Å². The highest BCUT2D eigenvalue weighted by Crippen LogP contribution is 2.32. The highest BCUT2D eigenvalue weighted by atomic mass is 32.1. The van der Waals surface area contributed by atoms with Crippen molar-refractivity contribution in [3.63, 3.8) is 0 Å². The Morgan fingerprint density at radius 3 is 2.75 bits per heavy atom. The van der Waals surface area contributed by atoms with Crippen LogP contribution in [0.5, 0.6) is 0 Å². The number of hydrogen-bond donors (Lipinski definition) is 3. The molecular weight excluding hydrogens is 490 g/mol. The number of nitrogens with two attached hydrogens (primary N) is 1. The van der Waals surface area contributed by atoms with E-state index in [-0.39, 0.29) is 11.9 Å². The molecule has 0 fully saturated rings. The second kappa shape index (κ2) is 9.92. The summed E-state index contributed by atoms with van der Waals surface area (Å²) in [7, 11) is 0. The maximum atomic E-state index is 13.0. The topological polar surface area (TPSA) is 111 Å². The molecule has 0 saturated heterocycles. The van der Waals surface area contributed by atoms with Crippen molar-refractivity contribution >= 4 is 50.9 Å². The van der Waals surface area contributed by atoms with Crippen LogP contribution >= 0.6 is 22.7 Å². The third kappa shape index (κ3) is 4.86. The highest BCUT2D eigenvalue weighted by molar-refractivity contribution is 7.18. The van der Waals surface area contributed by atoms with Gasteiger partial charge in [0.05, 0.1) is 38.8 Å². The van der Waals surface area contributed by atoms with Crippen LogP contribution in [-0.4, -0.2) is 25.4 Å². The molecule has 0 aliphatic rings. The Morgan fingerprint density at radius 2 is 1.97 bits per heavy atom. The minimum Gasteiger partial charge on any atom is -0.397 e. The van der Waals surface area contributed by atoms with Crippen molar-refractivity contribution in [3.8, 4) is 21.8 Å². The Balaban J connectivity index is 1.32. The van der Waals surface area contributed by atoms with Gasteiger partial charge in [0.1, 0.15) is 5.82 Å². The summed E-state index contributed by atoms with van der Waals surface area (Å²) in [4.78, 5) is 28.1. The summed E-state index contributed by atoms with van der Waals surface area (Å²) in [5.74, 6) is 1.15. The number of aryl methyl sites for hydroxylation is 1. The van der Waals surface area contributed by atoms with Gasteiger partial charge in [0.25, 0.3) is 5.91 Å². The molecular formula is C26H25N7OS2. The van der Waals surface area contributed by atoms with Crippen LogP contribution in [0.1, 0.15) is 35.4 Å². The van der Waals surface area contributed by atoms with Crippen LogP contribution in [0.2, 0.25) is 0 Å². The van der Waals surface area contributed by atoms with E-state index in [0.717, 1.165) is 32.7 Å². The molecule has 4 heterocycles. The van der Waals surface area contributed by atoms with Crippen molar-refractivity contribution < 1.29 is 4.79 Å². The van der Waals surface area contributed by atoms with E-state index < -0.39 is 0 Å². The minimum absolute atomic E-state index is 0.228. The fourth-order valence-corrected chi connectivity index (χ4v) is 5.46. The molecule has 10 heteroatoms. The van der Waals surface area contributed by atoms with Crippen LogP contribution < -0.4 is 16.4 Å². The van der Waals surface area contributed by atoms with Gasteiger partial charge in [0.15, 0.2) is 0 Å². The van der Waals surface area contributed by atoms with Crippen LogP contribution in [0.15, 0.2) is 66.3 Å². The molecule has 0 aliphatic heterocycles. The largest absolute Gasteiger partial charge is 0.397 e. The smallest absolute Gasteiger partial charge is 0.265 e. The molecule has 0 bridgehead atoms. The van der Waals surface area contributed by atoms with Gasteiger partial charge in [-0.2, -0.15) is 0 Å². The second-order valence-corrected chi connectivity index (χ2v) is 10.5. The quantitative estimate of drug-likeness (QED) is 0.211. The molecule has 0 saturated carbocycles. The number of rotatable bonds is 7. The minimum atomic E-state index is -0.228. The van der Waals surface area contributed by atoms with Gasteiger partial charge in [-0.25, -0.2) is 15.0 Å². The van der Waals surface area contributed by atoms with Crippen LogP contribution in [0.25, 0.3) is 21.8 Å². The van der Waals surface area contributed by atoms with E-state index in [2.05, 4.69) is 44.0 Å². The van der Waals surface area contributed by atoms with E-state index in [9.17, 15) is 4.79 Å². The number of nitrogens with one attached hydrogen (secondary N) is 2. The summed E-state index contributed by atoms with van der Waals surface area (Å²) in [5.41, 5.74) is 9.94. The van der Waals surface area contributed by atoms with Gasteiger partial charge in [-0.05, 0) is 68.1 Å². The van der Waals surface area contributed by atoms with Crippen molar-refractivity contribution in [1.82, 2.24) is 19.5 Å². The first-order chi connectivity index (χ1) is 17.4. The third-order valence-corrected chi connectivity index (χ3v) is 7.51. The van der Waals surface area contributed by atoms with Gasteiger partial charge in [-0.15, -0.1) is 22.7 Å². The predicted octanol–water partition coefficient (Wildman–Crippen LogP) is 6.60. The molecule has 182 valence electrons. The molecule has 5 aromatic rings. The van der Waals surface area contributed by atoms with Crippen LogP contribution in [0, 0.1) is 6.92 Å². The van der Waals surface area contributed by atoms with Gasteiger partial charge in [0.2, 0.25) is 5.95 Å². The van der Waals surface area contributed by atoms with Gasteiger partial charge < -0.3 is 20.9 Å². The highest BCUT2D eigenvalue weighted by Gasteiger charge is 2.15. The first-order valence-corrected chi connectivity index (χ1v) is 13.1. The fraction of sp³-hybridized carbons (Fsp3) is 0.154.